The predicted molar refractivity (Wildman–Crippen MR) is 121 cm³/mol. The van der Waals surface area contributed by atoms with Crippen LogP contribution in [0.2, 0.25) is 0 Å². The van der Waals surface area contributed by atoms with Crippen molar-refractivity contribution < 1.29 is 4.79 Å². The number of H-pyrrole nitrogens is 1. The zero-order valence-corrected chi connectivity index (χ0v) is 17.9. The summed E-state index contributed by atoms with van der Waals surface area (Å²) >= 11 is 0. The van der Waals surface area contributed by atoms with Gasteiger partial charge in [-0.2, -0.15) is 0 Å². The molecule has 0 fully saturated rings. The fourth-order valence-corrected chi connectivity index (χ4v) is 3.54. The van der Waals surface area contributed by atoms with Gasteiger partial charge in [0.05, 0.1) is 16.9 Å². The first kappa shape index (κ1) is 21.7. The van der Waals surface area contributed by atoms with E-state index in [1.54, 1.807) is 6.07 Å². The number of aromatic amines is 1. The quantitative estimate of drug-likeness (QED) is 0.572. The Balaban J connectivity index is 1.51. The number of fused-ring (bicyclic) bond motifs is 1. The molecule has 1 heterocycles. The molecule has 0 radical (unpaired) electrons. The van der Waals surface area contributed by atoms with E-state index in [0.717, 1.165) is 6.42 Å². The second-order valence-electron chi connectivity index (χ2n) is 7.76. The molecule has 158 valence electrons. The van der Waals surface area contributed by atoms with Crippen LogP contribution in [0.5, 0.6) is 0 Å². The van der Waals surface area contributed by atoms with Gasteiger partial charge in [-0.25, -0.2) is 4.98 Å². The number of rotatable bonds is 9. The highest BCUT2D eigenvalue weighted by molar-refractivity contribution is 5.77. The molecule has 1 aromatic heterocycles. The first-order valence-electron chi connectivity index (χ1n) is 10.5. The van der Waals surface area contributed by atoms with E-state index in [2.05, 4.69) is 51.4 Å². The largest absolute Gasteiger partial charge is 0.354 e. The predicted octanol–water partition coefficient (Wildman–Crippen LogP) is 3.23. The van der Waals surface area contributed by atoms with E-state index in [1.165, 1.54) is 11.1 Å². The van der Waals surface area contributed by atoms with Crippen molar-refractivity contribution in [2.45, 2.75) is 38.6 Å². The molecule has 0 spiro atoms. The summed E-state index contributed by atoms with van der Waals surface area (Å²) in [5, 5.41) is 3.63. The van der Waals surface area contributed by atoms with Gasteiger partial charge >= 0.3 is 0 Å². The molecule has 3 aromatic rings. The fraction of sp³-hybridized carbons (Fsp3) is 0.375. The van der Waals surface area contributed by atoms with Crippen LogP contribution in [-0.2, 0) is 17.6 Å². The number of aryl methyl sites for hydroxylation is 2. The average molecular weight is 407 g/mol. The number of carbonyl (C=O) groups is 1. The van der Waals surface area contributed by atoms with Crippen LogP contribution in [0, 0.1) is 0 Å². The Morgan fingerprint density at radius 1 is 1.13 bits per heavy atom. The third-order valence-electron chi connectivity index (χ3n) is 5.37. The topological polar surface area (TPSA) is 78.1 Å². The molecular formula is C24H30N4O2. The number of carbonyl (C=O) groups excluding carboxylic acids is 1. The van der Waals surface area contributed by atoms with Crippen LogP contribution in [-0.4, -0.2) is 41.4 Å². The normalized spacial score (nSPS) is 12.3. The van der Waals surface area contributed by atoms with Gasteiger partial charge < -0.3 is 15.2 Å². The Morgan fingerprint density at radius 3 is 2.57 bits per heavy atom. The summed E-state index contributed by atoms with van der Waals surface area (Å²) in [5.41, 5.74) is 3.04. The Bertz CT molecular complexity index is 1040. The molecule has 0 saturated heterocycles. The van der Waals surface area contributed by atoms with Crippen LogP contribution < -0.4 is 10.9 Å². The van der Waals surface area contributed by atoms with E-state index >= 15 is 0 Å². The van der Waals surface area contributed by atoms with Gasteiger partial charge in [0.2, 0.25) is 5.91 Å². The monoisotopic (exact) mass is 406 g/mol. The Morgan fingerprint density at radius 2 is 1.87 bits per heavy atom. The van der Waals surface area contributed by atoms with E-state index in [1.807, 2.05) is 32.3 Å². The second kappa shape index (κ2) is 10.2. The van der Waals surface area contributed by atoms with Crippen LogP contribution in [0.4, 0.5) is 0 Å². The summed E-state index contributed by atoms with van der Waals surface area (Å²) in [6.45, 7) is 2.70. The van der Waals surface area contributed by atoms with E-state index in [-0.39, 0.29) is 17.5 Å². The Labute approximate surface area is 177 Å². The highest BCUT2D eigenvalue weighted by atomic mass is 16.1. The SMILES string of the molecule is CCc1ccc(C(CNC(=O)CCCc2nc3ccccc3c(=O)[nH]2)N(C)C)cc1. The highest BCUT2D eigenvalue weighted by Crippen LogP contribution is 2.18. The van der Waals surface area contributed by atoms with Crippen LogP contribution >= 0.6 is 0 Å². The van der Waals surface area contributed by atoms with Gasteiger partial charge in [0, 0.05) is 19.4 Å². The number of nitrogens with one attached hydrogen (secondary N) is 2. The molecule has 0 bridgehead atoms. The first-order valence-corrected chi connectivity index (χ1v) is 10.5. The van der Waals surface area contributed by atoms with Crippen LogP contribution in [0.3, 0.4) is 0 Å². The fourth-order valence-electron chi connectivity index (χ4n) is 3.54. The summed E-state index contributed by atoms with van der Waals surface area (Å²) in [6, 6.07) is 16.0. The zero-order chi connectivity index (χ0) is 21.5. The maximum Gasteiger partial charge on any atom is 0.258 e. The lowest BCUT2D eigenvalue weighted by molar-refractivity contribution is -0.121. The Hall–Kier alpha value is -2.99. The molecule has 6 nitrogen and oxygen atoms in total. The summed E-state index contributed by atoms with van der Waals surface area (Å²) < 4.78 is 0. The van der Waals surface area contributed by atoms with Gasteiger partial charge in [0.15, 0.2) is 0 Å². The maximum atomic E-state index is 12.3. The van der Waals surface area contributed by atoms with Gasteiger partial charge in [-0.05, 0) is 50.2 Å². The van der Waals surface area contributed by atoms with Gasteiger partial charge in [0.25, 0.3) is 5.56 Å². The number of hydrogen-bond donors (Lipinski definition) is 2. The van der Waals surface area contributed by atoms with Crippen molar-refractivity contribution in [3.05, 3.63) is 75.8 Å². The minimum Gasteiger partial charge on any atom is -0.354 e. The smallest absolute Gasteiger partial charge is 0.258 e. The summed E-state index contributed by atoms with van der Waals surface area (Å²) in [4.78, 5) is 33.9. The van der Waals surface area contributed by atoms with Crippen molar-refractivity contribution in [3.63, 3.8) is 0 Å². The van der Waals surface area contributed by atoms with Gasteiger partial charge in [-0.1, -0.05) is 43.3 Å². The van der Waals surface area contributed by atoms with Crippen LogP contribution in [0.1, 0.15) is 42.8 Å². The van der Waals surface area contributed by atoms with Crippen molar-refractivity contribution in [1.29, 1.82) is 0 Å². The van der Waals surface area contributed by atoms with Crippen molar-refractivity contribution >= 4 is 16.8 Å². The number of para-hydroxylation sites is 1. The number of aromatic nitrogens is 2. The summed E-state index contributed by atoms with van der Waals surface area (Å²) in [6.07, 6.45) is 2.60. The summed E-state index contributed by atoms with van der Waals surface area (Å²) in [7, 11) is 4.04. The van der Waals surface area contributed by atoms with Crippen LogP contribution in [0.25, 0.3) is 10.9 Å². The maximum absolute atomic E-state index is 12.3. The molecule has 2 N–H and O–H groups in total. The number of benzene rings is 2. The zero-order valence-electron chi connectivity index (χ0n) is 17.9. The van der Waals surface area contributed by atoms with Gasteiger partial charge in [-0.3, -0.25) is 9.59 Å². The second-order valence-corrected chi connectivity index (χ2v) is 7.76. The molecule has 30 heavy (non-hydrogen) atoms. The number of amides is 1. The lowest BCUT2D eigenvalue weighted by Crippen LogP contribution is -2.34. The molecule has 2 aromatic carbocycles. The van der Waals surface area contributed by atoms with Gasteiger partial charge in [0.1, 0.15) is 5.82 Å². The summed E-state index contributed by atoms with van der Waals surface area (Å²) in [5.74, 6) is 0.629. The van der Waals surface area contributed by atoms with Crippen molar-refractivity contribution in [2.24, 2.45) is 0 Å². The van der Waals surface area contributed by atoms with Crippen molar-refractivity contribution in [3.8, 4) is 0 Å². The average Bonchev–Trinajstić information content (AvgIpc) is 2.74. The van der Waals surface area contributed by atoms with E-state index in [9.17, 15) is 9.59 Å². The van der Waals surface area contributed by atoms with Crippen molar-refractivity contribution in [1.82, 2.24) is 20.2 Å². The lowest BCUT2D eigenvalue weighted by Gasteiger charge is -2.25. The molecule has 1 amide bonds. The van der Waals surface area contributed by atoms with E-state index in [4.69, 9.17) is 0 Å². The van der Waals surface area contributed by atoms with E-state index < -0.39 is 0 Å². The minimum atomic E-state index is -0.136. The highest BCUT2D eigenvalue weighted by Gasteiger charge is 2.15. The number of nitrogens with zero attached hydrogens (tertiary/aromatic N) is 2. The molecule has 1 unspecified atom stereocenters. The third-order valence-corrected chi connectivity index (χ3v) is 5.37. The van der Waals surface area contributed by atoms with E-state index in [0.29, 0.717) is 42.5 Å². The number of likely N-dealkylation sites (N-methyl/N-ethyl adjacent to an activating group) is 1. The number of hydrogen-bond acceptors (Lipinski definition) is 4. The molecule has 0 aliphatic rings. The standard InChI is InChI=1S/C24H30N4O2/c1-4-17-12-14-18(15-13-17)21(28(2)3)16-25-23(29)11-7-10-22-26-20-9-6-5-8-19(20)24(30)27-22/h5-6,8-9,12-15,21H,4,7,10-11,16H2,1-3H3,(H,25,29)(H,26,27,30). The minimum absolute atomic E-state index is 0.00941. The van der Waals surface area contributed by atoms with Gasteiger partial charge in [-0.15, -0.1) is 0 Å². The molecule has 0 saturated carbocycles. The molecule has 0 aliphatic carbocycles. The molecule has 0 aliphatic heterocycles. The van der Waals surface area contributed by atoms with Crippen molar-refractivity contribution in [2.75, 3.05) is 20.6 Å². The molecular weight excluding hydrogens is 376 g/mol. The van der Waals surface area contributed by atoms with Crippen LogP contribution in [0.15, 0.2) is 53.3 Å². The lowest BCUT2D eigenvalue weighted by atomic mass is 10.0. The Kier molecular flexibility index (Phi) is 7.36. The molecule has 6 heteroatoms. The first-order chi connectivity index (χ1) is 14.5. The molecule has 3 rings (SSSR count). The third kappa shape index (κ3) is 5.54. The molecule has 1 atom stereocenters.